The van der Waals surface area contributed by atoms with E-state index in [0.29, 0.717) is 22.7 Å². The van der Waals surface area contributed by atoms with Crippen LogP contribution in [0.25, 0.3) is 0 Å². The minimum absolute atomic E-state index is 0.107. The van der Waals surface area contributed by atoms with Crippen molar-refractivity contribution in [3.8, 4) is 0 Å². The lowest BCUT2D eigenvalue weighted by molar-refractivity contribution is -0.162. The largest absolute Gasteiger partial charge is 0.432 e. The number of carbonyl (C=O) groups excluding carboxylic acids is 1. The first kappa shape index (κ1) is 16.6. The summed E-state index contributed by atoms with van der Waals surface area (Å²) >= 11 is 0. The minimum Gasteiger partial charge on any atom is -0.432 e. The van der Waals surface area contributed by atoms with E-state index in [1.165, 1.54) is 37.7 Å². The van der Waals surface area contributed by atoms with Crippen molar-refractivity contribution in [2.45, 2.75) is 85.5 Å². The third-order valence-electron chi connectivity index (χ3n) is 7.54. The summed E-state index contributed by atoms with van der Waals surface area (Å²) in [4.78, 5) is 12.6. The van der Waals surface area contributed by atoms with Crippen LogP contribution in [0.5, 0.6) is 0 Å². The van der Waals surface area contributed by atoms with E-state index in [2.05, 4.69) is 34.6 Å². The van der Waals surface area contributed by atoms with Crippen LogP contribution in [0.2, 0.25) is 0 Å². The maximum absolute atomic E-state index is 12.6. The Labute approximate surface area is 146 Å². The highest BCUT2D eigenvalue weighted by atomic mass is 16.7. The van der Waals surface area contributed by atoms with Crippen LogP contribution in [0.1, 0.15) is 73.1 Å². The Hall–Kier alpha value is -0.830. The van der Waals surface area contributed by atoms with Gasteiger partial charge in [-0.1, -0.05) is 32.8 Å². The fourth-order valence-electron chi connectivity index (χ4n) is 6.66. The van der Waals surface area contributed by atoms with Gasteiger partial charge in [0.05, 0.1) is 12.0 Å². The van der Waals surface area contributed by atoms with Crippen LogP contribution in [0, 0.1) is 28.6 Å². The van der Waals surface area contributed by atoms with Gasteiger partial charge in [0.2, 0.25) is 6.29 Å². The van der Waals surface area contributed by atoms with Crippen LogP contribution >= 0.6 is 0 Å². The third-order valence-corrected chi connectivity index (χ3v) is 7.54. The lowest BCUT2D eigenvalue weighted by atomic mass is 9.57. The lowest BCUT2D eigenvalue weighted by Crippen LogP contribution is -2.37. The lowest BCUT2D eigenvalue weighted by Gasteiger charge is -2.48. The highest BCUT2D eigenvalue weighted by Crippen LogP contribution is 2.57. The highest BCUT2D eigenvalue weighted by Gasteiger charge is 2.56. The summed E-state index contributed by atoms with van der Waals surface area (Å²) in [6, 6.07) is 0. The first-order valence-corrected chi connectivity index (χ1v) is 9.79. The van der Waals surface area contributed by atoms with Crippen LogP contribution < -0.4 is 0 Å². The Morgan fingerprint density at radius 1 is 1.12 bits per heavy atom. The smallest absolute Gasteiger partial charge is 0.336 e. The summed E-state index contributed by atoms with van der Waals surface area (Å²) in [5, 5.41) is 0. The van der Waals surface area contributed by atoms with E-state index in [1.54, 1.807) is 0 Å². The van der Waals surface area contributed by atoms with Gasteiger partial charge in [-0.25, -0.2) is 4.79 Å². The normalized spacial score (nSPS) is 47.4. The molecule has 0 aromatic rings. The number of hydrogen-bond acceptors (Lipinski definition) is 3. The van der Waals surface area contributed by atoms with Crippen LogP contribution in [-0.4, -0.2) is 18.4 Å². The second kappa shape index (κ2) is 5.33. The van der Waals surface area contributed by atoms with Gasteiger partial charge >= 0.3 is 5.97 Å². The molecule has 0 aromatic heterocycles. The molecule has 0 radical (unpaired) electrons. The average molecular weight is 332 g/mol. The van der Waals surface area contributed by atoms with Crippen molar-refractivity contribution >= 4 is 5.97 Å². The number of allylic oxidation sites excluding steroid dienone is 1. The molecule has 4 aliphatic rings. The van der Waals surface area contributed by atoms with Crippen LogP contribution in [0.3, 0.4) is 0 Å². The van der Waals surface area contributed by atoms with Crippen molar-refractivity contribution < 1.29 is 14.3 Å². The van der Waals surface area contributed by atoms with Crippen molar-refractivity contribution in [1.29, 1.82) is 0 Å². The molecule has 2 heterocycles. The molecular formula is C21H32O3. The fourth-order valence-corrected chi connectivity index (χ4v) is 6.66. The maximum Gasteiger partial charge on any atom is 0.336 e. The Kier molecular flexibility index (Phi) is 3.69. The molecule has 3 fully saturated rings. The monoisotopic (exact) mass is 332 g/mol. The Bertz CT molecular complexity index is 590. The summed E-state index contributed by atoms with van der Waals surface area (Å²) in [6.07, 6.45) is 7.40. The Morgan fingerprint density at radius 3 is 2.58 bits per heavy atom. The zero-order valence-electron chi connectivity index (χ0n) is 15.9. The van der Waals surface area contributed by atoms with Gasteiger partial charge in [0.1, 0.15) is 0 Å². The van der Waals surface area contributed by atoms with Crippen LogP contribution in [0.15, 0.2) is 11.1 Å². The Morgan fingerprint density at radius 2 is 1.88 bits per heavy atom. The van der Waals surface area contributed by atoms with E-state index >= 15 is 0 Å². The zero-order chi connectivity index (χ0) is 17.3. The molecule has 3 heteroatoms. The van der Waals surface area contributed by atoms with E-state index in [9.17, 15) is 4.79 Å². The number of esters is 1. The van der Waals surface area contributed by atoms with Crippen molar-refractivity contribution in [2.24, 2.45) is 28.6 Å². The minimum atomic E-state index is -0.322. The first-order valence-electron chi connectivity index (χ1n) is 9.79. The molecule has 0 N–H and O–H groups in total. The van der Waals surface area contributed by atoms with Crippen molar-refractivity contribution in [2.75, 3.05) is 0 Å². The summed E-state index contributed by atoms with van der Waals surface area (Å²) in [7, 11) is 0. The summed E-state index contributed by atoms with van der Waals surface area (Å²) in [5.41, 5.74) is 3.00. The molecule has 0 spiro atoms. The fraction of sp³-hybridized carbons (Fsp3) is 0.857. The number of carbonyl (C=O) groups is 1. The molecule has 24 heavy (non-hydrogen) atoms. The molecular weight excluding hydrogens is 300 g/mol. The third kappa shape index (κ3) is 2.38. The van der Waals surface area contributed by atoms with Crippen LogP contribution in [-0.2, 0) is 14.3 Å². The van der Waals surface area contributed by atoms with Crippen molar-refractivity contribution in [1.82, 2.24) is 0 Å². The zero-order valence-corrected chi connectivity index (χ0v) is 15.9. The molecule has 2 aliphatic heterocycles. The molecule has 2 aliphatic carbocycles. The average Bonchev–Trinajstić information content (AvgIpc) is 2.85. The molecule has 1 saturated carbocycles. The quantitative estimate of drug-likeness (QED) is 0.644. The summed E-state index contributed by atoms with van der Waals surface area (Å²) in [5.74, 6) is 1.02. The molecule has 3 nitrogen and oxygen atoms in total. The number of hydrogen-bond donors (Lipinski definition) is 0. The van der Waals surface area contributed by atoms with E-state index in [0.717, 1.165) is 12.0 Å². The van der Waals surface area contributed by atoms with E-state index in [1.807, 2.05) is 0 Å². The molecule has 0 bridgehead atoms. The van der Waals surface area contributed by atoms with E-state index in [4.69, 9.17) is 9.47 Å². The van der Waals surface area contributed by atoms with Crippen molar-refractivity contribution in [3.05, 3.63) is 11.1 Å². The van der Waals surface area contributed by atoms with Gasteiger partial charge in [0.25, 0.3) is 0 Å². The van der Waals surface area contributed by atoms with E-state index in [-0.39, 0.29) is 24.3 Å². The molecule has 4 unspecified atom stereocenters. The molecule has 2 saturated heterocycles. The van der Waals surface area contributed by atoms with Gasteiger partial charge in [-0.2, -0.15) is 0 Å². The highest BCUT2D eigenvalue weighted by molar-refractivity contribution is 5.92. The van der Waals surface area contributed by atoms with Gasteiger partial charge in [0.15, 0.2) is 0 Å². The summed E-state index contributed by atoms with van der Waals surface area (Å²) < 4.78 is 11.5. The molecule has 6 atom stereocenters. The standard InChI is InChI=1S/C21H32O3/c1-12-15(21(5)10-6-9-20(3,4)11-21)8-7-14-13(2)23-19-17(14)16(12)18(22)24-19/h13-15,17,19H,6-11H2,1-5H3/t13-,14?,15?,17?,19?,21-/m0/s1. The van der Waals surface area contributed by atoms with Gasteiger partial charge in [0, 0.05) is 5.57 Å². The van der Waals surface area contributed by atoms with Gasteiger partial charge in [-0.05, 0) is 68.6 Å². The molecule has 134 valence electrons. The van der Waals surface area contributed by atoms with Gasteiger partial charge in [-0.3, -0.25) is 0 Å². The number of rotatable bonds is 1. The topological polar surface area (TPSA) is 35.5 Å². The second-order valence-corrected chi connectivity index (χ2v) is 9.88. The van der Waals surface area contributed by atoms with Crippen molar-refractivity contribution in [3.63, 3.8) is 0 Å². The SMILES string of the molecule is CC1=C2C(=O)OC3O[C@@H](C)C(CCC1[C@@]1(C)CCCC(C)(C)C1)C23. The molecule has 0 aromatic carbocycles. The first-order chi connectivity index (χ1) is 11.2. The van der Waals surface area contributed by atoms with Gasteiger partial charge < -0.3 is 9.47 Å². The summed E-state index contributed by atoms with van der Waals surface area (Å²) in [6.45, 7) is 11.7. The maximum atomic E-state index is 12.6. The Balaban J connectivity index is 1.73. The number of ether oxygens (including phenoxy) is 2. The molecule has 4 rings (SSSR count). The predicted octanol–water partition coefficient (Wildman–Crippen LogP) is 4.85. The second-order valence-electron chi connectivity index (χ2n) is 9.88. The van der Waals surface area contributed by atoms with Gasteiger partial charge in [-0.15, -0.1) is 0 Å². The predicted molar refractivity (Wildman–Crippen MR) is 93.2 cm³/mol. The van der Waals surface area contributed by atoms with E-state index < -0.39 is 0 Å². The van der Waals surface area contributed by atoms with Crippen LogP contribution in [0.4, 0.5) is 0 Å². The molecule has 0 amide bonds.